The molecular formula is C10H11N5O3S. The molecule has 2 heterocycles. The van der Waals surface area contributed by atoms with Gasteiger partial charge in [-0.3, -0.25) is 0 Å². The predicted octanol–water partition coefficient (Wildman–Crippen LogP) is -0.0285. The molecule has 0 spiro atoms. The average Bonchev–Trinajstić information content (AvgIpc) is 2.65. The summed E-state index contributed by atoms with van der Waals surface area (Å²) in [6, 6.07) is -0.808. The minimum atomic E-state index is -3.74. The summed E-state index contributed by atoms with van der Waals surface area (Å²) in [5.41, 5.74) is 5.04. The van der Waals surface area contributed by atoms with Crippen LogP contribution in [-0.4, -0.2) is 35.2 Å². The first-order valence-electron chi connectivity index (χ1n) is 5.15. The van der Waals surface area contributed by atoms with Crippen molar-refractivity contribution in [3.8, 4) is 0 Å². The molecule has 1 aromatic heterocycles. The van der Waals surface area contributed by atoms with E-state index in [1.807, 2.05) is 0 Å². The Kier molecular flexibility index (Phi) is 3.21. The number of imidazole rings is 1. The van der Waals surface area contributed by atoms with Gasteiger partial charge in [0.25, 0.3) is 0 Å². The molecule has 2 N–H and O–H groups in total. The highest BCUT2D eigenvalue weighted by atomic mass is 32.2. The van der Waals surface area contributed by atoms with Crippen LogP contribution in [-0.2, 0) is 16.9 Å². The minimum Gasteiger partial charge on any atom is -0.350 e. The molecule has 0 radical (unpaired) electrons. The predicted molar refractivity (Wildman–Crippen MR) is 67.5 cm³/mol. The van der Waals surface area contributed by atoms with E-state index in [4.69, 9.17) is 5.73 Å². The summed E-state index contributed by atoms with van der Waals surface area (Å²) in [7, 11) is -2.08. The summed E-state index contributed by atoms with van der Waals surface area (Å²) < 4.78 is 26.0. The van der Waals surface area contributed by atoms with Gasteiger partial charge in [0.15, 0.2) is 5.03 Å². The fourth-order valence-corrected chi connectivity index (χ4v) is 2.59. The first kappa shape index (κ1) is 13.0. The number of nitrogens with zero attached hydrogens (tertiary/aromatic N) is 4. The Hall–Kier alpha value is -2.42. The Morgan fingerprint density at radius 1 is 1.42 bits per heavy atom. The number of amides is 2. The molecule has 0 fully saturated rings. The van der Waals surface area contributed by atoms with Gasteiger partial charge in [0.05, 0.1) is 11.2 Å². The van der Waals surface area contributed by atoms with Crippen LogP contribution in [0.15, 0.2) is 45.9 Å². The summed E-state index contributed by atoms with van der Waals surface area (Å²) in [5, 5.41) is 4.42. The van der Waals surface area contributed by atoms with Crippen LogP contribution in [0.5, 0.6) is 0 Å². The number of nitrogens with two attached hydrogens (primary N) is 1. The van der Waals surface area contributed by atoms with Crippen LogP contribution in [0.25, 0.3) is 0 Å². The number of aryl methyl sites for hydroxylation is 1. The molecule has 1 aromatic rings. The van der Waals surface area contributed by atoms with Gasteiger partial charge >= 0.3 is 6.03 Å². The third kappa shape index (κ3) is 2.55. The number of sulfone groups is 1. The number of allylic oxidation sites excluding steroid dienone is 2. The van der Waals surface area contributed by atoms with Crippen LogP contribution in [0.2, 0.25) is 0 Å². The van der Waals surface area contributed by atoms with E-state index in [1.165, 1.54) is 41.7 Å². The number of primary amides is 1. The van der Waals surface area contributed by atoms with E-state index in [0.29, 0.717) is 0 Å². The second-order valence-electron chi connectivity index (χ2n) is 3.71. The Morgan fingerprint density at radius 2 is 2.16 bits per heavy atom. The van der Waals surface area contributed by atoms with E-state index < -0.39 is 15.9 Å². The van der Waals surface area contributed by atoms with E-state index in [2.05, 4.69) is 10.1 Å². The smallest absolute Gasteiger partial charge is 0.339 e. The number of hydrogen-bond acceptors (Lipinski definition) is 5. The molecule has 0 atom stereocenters. The maximum atomic E-state index is 12.2. The Labute approximate surface area is 109 Å². The van der Waals surface area contributed by atoms with Gasteiger partial charge in [-0.05, 0) is 12.2 Å². The Morgan fingerprint density at radius 3 is 2.74 bits per heavy atom. The quantitative estimate of drug-likeness (QED) is 0.820. The second kappa shape index (κ2) is 4.69. The SMILES string of the molecule is Cn1cnc(S(=O)(=O)C2=CC=NN(C(N)=O)C=C2)c1. The van der Waals surface area contributed by atoms with Crippen molar-refractivity contribution in [3.05, 3.63) is 35.8 Å². The fraction of sp³-hybridized carbons (Fsp3) is 0.100. The summed E-state index contributed by atoms with van der Waals surface area (Å²) >= 11 is 0. The molecule has 2 amide bonds. The van der Waals surface area contributed by atoms with Crippen LogP contribution < -0.4 is 5.73 Å². The highest BCUT2D eigenvalue weighted by Gasteiger charge is 2.22. The number of rotatable bonds is 2. The number of aromatic nitrogens is 2. The fourth-order valence-electron chi connectivity index (χ4n) is 1.37. The highest BCUT2D eigenvalue weighted by Crippen LogP contribution is 2.19. The van der Waals surface area contributed by atoms with Crippen molar-refractivity contribution in [2.45, 2.75) is 5.03 Å². The zero-order valence-electron chi connectivity index (χ0n) is 9.96. The van der Waals surface area contributed by atoms with E-state index >= 15 is 0 Å². The molecule has 9 heteroatoms. The van der Waals surface area contributed by atoms with E-state index in [0.717, 1.165) is 5.01 Å². The van der Waals surface area contributed by atoms with Crippen molar-refractivity contribution < 1.29 is 13.2 Å². The van der Waals surface area contributed by atoms with E-state index in [9.17, 15) is 13.2 Å². The van der Waals surface area contributed by atoms with Gasteiger partial charge in [-0.2, -0.15) is 10.1 Å². The minimum absolute atomic E-state index is 0.0290. The summed E-state index contributed by atoms with van der Waals surface area (Å²) in [4.78, 5) is 14.7. The molecule has 2 rings (SSSR count). The maximum Gasteiger partial charge on any atom is 0.339 e. The molecule has 8 nitrogen and oxygen atoms in total. The molecular weight excluding hydrogens is 270 g/mol. The Bertz CT molecular complexity index is 699. The normalized spacial score (nSPS) is 15.2. The molecule has 0 unspecified atom stereocenters. The van der Waals surface area contributed by atoms with Gasteiger partial charge in [-0.15, -0.1) is 0 Å². The van der Waals surface area contributed by atoms with Gasteiger partial charge in [-0.1, -0.05) is 0 Å². The first-order chi connectivity index (χ1) is 8.91. The lowest BCUT2D eigenvalue weighted by Gasteiger charge is -2.05. The lowest BCUT2D eigenvalue weighted by molar-refractivity contribution is 0.226. The van der Waals surface area contributed by atoms with Crippen molar-refractivity contribution in [3.63, 3.8) is 0 Å². The van der Waals surface area contributed by atoms with Crippen LogP contribution in [0, 0.1) is 0 Å². The lowest BCUT2D eigenvalue weighted by atomic mass is 10.5. The molecule has 0 saturated carbocycles. The zero-order chi connectivity index (χ0) is 14.0. The van der Waals surface area contributed by atoms with Crippen molar-refractivity contribution >= 4 is 22.1 Å². The van der Waals surface area contributed by atoms with Gasteiger partial charge < -0.3 is 10.3 Å². The van der Waals surface area contributed by atoms with Crippen molar-refractivity contribution in [1.82, 2.24) is 14.6 Å². The standard InChI is InChI=1S/C10H11N5O3S/c1-14-6-9(12-7-14)19(17,18)8-2-4-13-15(5-3-8)10(11)16/h2-7H,1H3,(H2,11,16). The van der Waals surface area contributed by atoms with Gasteiger partial charge in [-0.25, -0.2) is 18.2 Å². The van der Waals surface area contributed by atoms with Crippen LogP contribution >= 0.6 is 0 Å². The maximum absolute atomic E-state index is 12.2. The first-order valence-corrected chi connectivity index (χ1v) is 6.64. The molecule has 1 aliphatic rings. The van der Waals surface area contributed by atoms with Gasteiger partial charge in [0, 0.05) is 25.7 Å². The van der Waals surface area contributed by atoms with Crippen molar-refractivity contribution in [2.24, 2.45) is 17.9 Å². The lowest BCUT2D eigenvalue weighted by Crippen LogP contribution is -2.26. The number of hydrazone groups is 1. The van der Waals surface area contributed by atoms with Gasteiger partial charge in [0.1, 0.15) is 0 Å². The van der Waals surface area contributed by atoms with Crippen molar-refractivity contribution in [1.29, 1.82) is 0 Å². The monoisotopic (exact) mass is 281 g/mol. The largest absolute Gasteiger partial charge is 0.350 e. The van der Waals surface area contributed by atoms with Crippen molar-refractivity contribution in [2.75, 3.05) is 0 Å². The molecule has 100 valence electrons. The number of urea groups is 1. The summed E-state index contributed by atoms with van der Waals surface area (Å²) in [6.07, 6.45) is 7.64. The highest BCUT2D eigenvalue weighted by molar-refractivity contribution is 7.95. The van der Waals surface area contributed by atoms with E-state index in [1.54, 1.807) is 7.05 Å². The molecule has 0 aliphatic carbocycles. The number of carbonyl (C=O) groups is 1. The molecule has 1 aliphatic heterocycles. The van der Waals surface area contributed by atoms with Crippen LogP contribution in [0.3, 0.4) is 0 Å². The second-order valence-corrected chi connectivity index (χ2v) is 5.61. The molecule has 0 bridgehead atoms. The average molecular weight is 281 g/mol. The zero-order valence-corrected chi connectivity index (χ0v) is 10.8. The van der Waals surface area contributed by atoms with E-state index in [-0.39, 0.29) is 9.93 Å². The third-order valence-electron chi connectivity index (χ3n) is 2.30. The topological polar surface area (TPSA) is 111 Å². The number of hydrogen-bond donors (Lipinski definition) is 1. The summed E-state index contributed by atoms with van der Waals surface area (Å²) in [5.74, 6) is 0. The molecule has 19 heavy (non-hydrogen) atoms. The number of carbonyl (C=O) groups excluding carboxylic acids is 1. The third-order valence-corrected chi connectivity index (χ3v) is 3.96. The van der Waals surface area contributed by atoms with Crippen LogP contribution in [0.4, 0.5) is 4.79 Å². The molecule has 0 saturated heterocycles. The van der Waals surface area contributed by atoms with Crippen LogP contribution in [0.1, 0.15) is 0 Å². The van der Waals surface area contributed by atoms with Gasteiger partial charge in [0.2, 0.25) is 9.84 Å². The Balaban J connectivity index is 2.38. The summed E-state index contributed by atoms with van der Waals surface area (Å²) in [6.45, 7) is 0. The molecule has 0 aromatic carbocycles.